The average molecular weight is 723 g/mol. The number of aromatic nitrogens is 4. The Bertz CT molecular complexity index is 1380. The van der Waals surface area contributed by atoms with Crippen molar-refractivity contribution in [2.24, 2.45) is 0 Å². The van der Waals surface area contributed by atoms with Gasteiger partial charge in [0.25, 0.3) is 0 Å². The van der Waals surface area contributed by atoms with E-state index in [1.54, 1.807) is 12.1 Å². The van der Waals surface area contributed by atoms with Crippen molar-refractivity contribution in [2.45, 2.75) is 12.4 Å². The molecule has 1 aromatic carbocycles. The first-order valence-electron chi connectivity index (χ1n) is 9.90. The number of methoxy groups -OCH3 is 2. The van der Waals surface area contributed by atoms with Gasteiger partial charge >= 0.3 is 12.4 Å². The monoisotopic (exact) mass is 723 g/mol. The summed E-state index contributed by atoms with van der Waals surface area (Å²) in [6, 6.07) is 9.95. The summed E-state index contributed by atoms with van der Waals surface area (Å²) in [5.74, 6) is -0.670. The molecule has 0 fully saturated rings. The first-order chi connectivity index (χ1) is 17.3. The Morgan fingerprint density at radius 3 is 1.87 bits per heavy atom. The quantitative estimate of drug-likeness (QED) is 0.191. The van der Waals surface area contributed by atoms with Crippen molar-refractivity contribution >= 4 is 0 Å². The van der Waals surface area contributed by atoms with Crippen molar-refractivity contribution < 1.29 is 64.7 Å². The van der Waals surface area contributed by atoms with Gasteiger partial charge in [0.05, 0.1) is 25.5 Å². The van der Waals surface area contributed by atoms with Crippen LogP contribution in [0.3, 0.4) is 0 Å². The Morgan fingerprint density at radius 1 is 0.816 bits per heavy atom. The number of rotatable bonds is 4. The summed E-state index contributed by atoms with van der Waals surface area (Å²) in [5, 5.41) is 5.60. The van der Waals surface area contributed by atoms with E-state index in [0.717, 1.165) is 24.4 Å². The molecule has 0 aliphatic carbocycles. The van der Waals surface area contributed by atoms with E-state index in [9.17, 15) is 35.1 Å². The van der Waals surface area contributed by atoms with Crippen LogP contribution in [-0.2, 0) is 32.5 Å². The van der Waals surface area contributed by atoms with Crippen LogP contribution in [0.15, 0.2) is 48.8 Å². The number of pyridine rings is 2. The first-order valence-corrected chi connectivity index (χ1v) is 9.90. The zero-order valence-corrected chi connectivity index (χ0v) is 21.5. The van der Waals surface area contributed by atoms with Crippen LogP contribution >= 0.6 is 0 Å². The van der Waals surface area contributed by atoms with Gasteiger partial charge in [0.2, 0.25) is 0 Å². The maximum atomic E-state index is 13.4. The molecule has 4 aromatic rings. The Hall–Kier alpha value is -3.58. The minimum atomic E-state index is -5.27. The second-order valence-corrected chi connectivity index (χ2v) is 6.97. The molecule has 1 radical (unpaired) electrons. The van der Waals surface area contributed by atoms with Crippen molar-refractivity contribution in [3.8, 4) is 34.1 Å². The Kier molecular flexibility index (Phi) is 9.93. The molecule has 0 spiro atoms. The third-order valence-electron chi connectivity index (χ3n) is 4.57. The summed E-state index contributed by atoms with van der Waals surface area (Å²) in [6.45, 7) is 0. The zero-order valence-electron chi connectivity index (χ0n) is 19.1. The van der Waals surface area contributed by atoms with Crippen LogP contribution in [0, 0.1) is 17.7 Å². The zero-order chi connectivity index (χ0) is 27.4. The van der Waals surface area contributed by atoms with Crippen molar-refractivity contribution in [2.75, 3.05) is 14.2 Å². The van der Waals surface area contributed by atoms with E-state index >= 15 is 0 Å². The first kappa shape index (κ1) is 30.6. The minimum absolute atomic E-state index is 0. The summed E-state index contributed by atoms with van der Waals surface area (Å²) in [4.78, 5) is 7.55. The van der Waals surface area contributed by atoms with Crippen LogP contribution in [0.2, 0.25) is 0 Å². The van der Waals surface area contributed by atoms with E-state index in [1.807, 2.05) is 0 Å². The minimum Gasteiger partial charge on any atom is -0.573 e. The van der Waals surface area contributed by atoms with E-state index in [4.69, 9.17) is 9.47 Å². The third kappa shape index (κ3) is 7.25. The molecule has 0 saturated heterocycles. The van der Waals surface area contributed by atoms with E-state index in [-0.39, 0.29) is 31.4 Å². The van der Waals surface area contributed by atoms with E-state index in [2.05, 4.69) is 26.2 Å². The molecule has 3 aromatic heterocycles. The van der Waals surface area contributed by atoms with Crippen LogP contribution in [0.1, 0.15) is 11.3 Å². The summed E-state index contributed by atoms with van der Waals surface area (Å²) in [6.07, 6.45) is -7.95. The molecular weight excluding hydrogens is 708 g/mol. The SMILES string of the molecule is COc1ccnc(-c2[c-]cc(F)cc2F)c1.COc1ccnc(-c2[n-]nc(C(F)(F)F)c2C(F)(F)F)c1.[Ir]. The standard InChI is InChI=1S/C12H8F2NO.C11H6F6N3O.Ir/c1-16-9-4-5-15-12(7-9)10-3-2-8(13)6-11(10)14;1-21-5-2-3-18-6(4-5)8-7(10(12,13)14)9(20-19-8)11(15,16)17;/h2,4-7H,1H3;2-4H,1H3;/q2*-1;. The van der Waals surface area contributed by atoms with Gasteiger partial charge in [-0.15, -0.1) is 12.1 Å². The van der Waals surface area contributed by atoms with Crippen LogP contribution in [0.4, 0.5) is 35.1 Å². The normalized spacial score (nSPS) is 11.2. The molecule has 3 heterocycles. The summed E-state index contributed by atoms with van der Waals surface area (Å²) in [5.41, 5.74) is -4.97. The molecule has 0 aliphatic heterocycles. The fraction of sp³-hybridized carbons (Fsp3) is 0.174. The molecule has 0 N–H and O–H groups in total. The molecule has 205 valence electrons. The van der Waals surface area contributed by atoms with Gasteiger partial charge in [-0.05, 0) is 23.9 Å². The van der Waals surface area contributed by atoms with Crippen LogP contribution in [-0.4, -0.2) is 29.3 Å². The van der Waals surface area contributed by atoms with E-state index < -0.39 is 46.6 Å². The fourth-order valence-electron chi connectivity index (χ4n) is 2.94. The van der Waals surface area contributed by atoms with Gasteiger partial charge in [0.1, 0.15) is 17.2 Å². The predicted molar refractivity (Wildman–Crippen MR) is 112 cm³/mol. The van der Waals surface area contributed by atoms with Gasteiger partial charge in [-0.25, -0.2) is 0 Å². The fourth-order valence-corrected chi connectivity index (χ4v) is 2.94. The molecule has 6 nitrogen and oxygen atoms in total. The van der Waals surface area contributed by atoms with Gasteiger partial charge in [-0.1, -0.05) is 17.3 Å². The molecule has 0 aliphatic rings. The number of nitrogens with zero attached hydrogens (tertiary/aromatic N) is 4. The van der Waals surface area contributed by atoms with Gasteiger partial charge in [-0.3, -0.25) is 13.8 Å². The van der Waals surface area contributed by atoms with Gasteiger partial charge in [-0.2, -0.15) is 26.3 Å². The maximum Gasteiger partial charge on any atom is 0.432 e. The predicted octanol–water partition coefficient (Wildman–Crippen LogP) is 5.98. The largest absolute Gasteiger partial charge is 0.573 e. The topological polar surface area (TPSA) is 71.2 Å². The molecule has 0 saturated carbocycles. The molecule has 0 bridgehead atoms. The van der Waals surface area contributed by atoms with E-state index in [1.165, 1.54) is 26.5 Å². The van der Waals surface area contributed by atoms with Crippen LogP contribution in [0.5, 0.6) is 11.5 Å². The van der Waals surface area contributed by atoms with Crippen molar-refractivity contribution in [3.63, 3.8) is 0 Å². The number of halogens is 8. The van der Waals surface area contributed by atoms with Gasteiger partial charge < -0.3 is 24.7 Å². The Labute approximate surface area is 223 Å². The van der Waals surface area contributed by atoms with Gasteiger partial charge in [0, 0.05) is 50.2 Å². The molecule has 0 unspecified atom stereocenters. The molecular formula is C23H14F8IrN4O2-2. The molecule has 4 rings (SSSR count). The second kappa shape index (κ2) is 12.3. The molecule has 0 amide bonds. The van der Waals surface area contributed by atoms with Crippen molar-refractivity contribution in [1.82, 2.24) is 20.2 Å². The Balaban J connectivity index is 0.000000269. The third-order valence-corrected chi connectivity index (χ3v) is 4.57. The summed E-state index contributed by atoms with van der Waals surface area (Å²) in [7, 11) is 2.76. The molecule has 0 atom stereocenters. The summed E-state index contributed by atoms with van der Waals surface area (Å²) >= 11 is 0. The smallest absolute Gasteiger partial charge is 0.432 e. The molecule has 38 heavy (non-hydrogen) atoms. The summed E-state index contributed by atoms with van der Waals surface area (Å²) < 4.78 is 112. The second-order valence-electron chi connectivity index (χ2n) is 6.97. The molecule has 15 heteroatoms. The number of hydrogen-bond donors (Lipinski definition) is 0. The number of alkyl halides is 6. The van der Waals surface area contributed by atoms with E-state index in [0.29, 0.717) is 11.4 Å². The van der Waals surface area contributed by atoms with Crippen LogP contribution < -0.4 is 14.6 Å². The van der Waals surface area contributed by atoms with Gasteiger partial charge in [0.15, 0.2) is 0 Å². The maximum absolute atomic E-state index is 13.4. The Morgan fingerprint density at radius 2 is 1.37 bits per heavy atom. The number of hydrogen-bond acceptors (Lipinski definition) is 5. The number of benzene rings is 1. The van der Waals surface area contributed by atoms with Crippen LogP contribution in [0.25, 0.3) is 22.6 Å². The van der Waals surface area contributed by atoms with Crippen molar-refractivity contribution in [3.05, 3.63) is 77.8 Å². The average Bonchev–Trinajstić information content (AvgIpc) is 3.31. The van der Waals surface area contributed by atoms with Crippen molar-refractivity contribution in [1.29, 1.82) is 0 Å². The number of ether oxygens (including phenoxy) is 2.